The summed E-state index contributed by atoms with van der Waals surface area (Å²) in [7, 11) is -3.32. The molecule has 0 aliphatic heterocycles. The van der Waals surface area contributed by atoms with Gasteiger partial charge in [0.25, 0.3) is 0 Å². The van der Waals surface area contributed by atoms with Crippen molar-refractivity contribution in [1.29, 1.82) is 0 Å². The molecule has 1 N–H and O–H groups in total. The van der Waals surface area contributed by atoms with E-state index in [-0.39, 0.29) is 5.03 Å². The lowest BCUT2D eigenvalue weighted by Crippen LogP contribution is -2.13. The molecule has 0 amide bonds. The Kier molecular flexibility index (Phi) is 10.1. The number of azide groups is 1. The van der Waals surface area contributed by atoms with Crippen LogP contribution >= 0.6 is 0 Å². The highest BCUT2D eigenvalue weighted by Gasteiger charge is 2.11. The number of hydrogen-bond acceptors (Lipinski definition) is 8. The Balaban J connectivity index is 1.55. The quantitative estimate of drug-likeness (QED) is 0.193. The molecule has 2 aromatic rings. The van der Waals surface area contributed by atoms with E-state index in [1.165, 1.54) is 6.20 Å². The topological polar surface area (TPSA) is 149 Å². The van der Waals surface area contributed by atoms with Crippen molar-refractivity contribution in [1.82, 2.24) is 9.97 Å². The summed E-state index contributed by atoms with van der Waals surface area (Å²) < 4.78 is 44.6. The lowest BCUT2D eigenvalue weighted by Gasteiger charge is -2.08. The Hall–Kier alpha value is -2.63. The number of imidazole rings is 1. The van der Waals surface area contributed by atoms with Crippen LogP contribution in [-0.4, -0.2) is 77.4 Å². The molecule has 0 aliphatic carbocycles. The second kappa shape index (κ2) is 12.8. The van der Waals surface area contributed by atoms with Gasteiger partial charge >= 0.3 is 0 Å². The van der Waals surface area contributed by atoms with Gasteiger partial charge in [0.15, 0.2) is 14.9 Å². The molecule has 0 fully saturated rings. The molecule has 0 bridgehead atoms. The maximum absolute atomic E-state index is 11.5. The van der Waals surface area contributed by atoms with Crippen molar-refractivity contribution in [3.63, 3.8) is 0 Å². The van der Waals surface area contributed by atoms with Crippen LogP contribution in [0.4, 0.5) is 0 Å². The Morgan fingerprint density at radius 3 is 2.17 bits per heavy atom. The monoisotopic (exact) mass is 439 g/mol. The SMILES string of the molecule is CS(=O)(=O)c1cnc(-c2ccc(OCCOCCOCCOCCN=[N+]=[N-])cc2)[nH]1. The van der Waals surface area contributed by atoms with Crippen LogP contribution in [0.5, 0.6) is 5.75 Å². The van der Waals surface area contributed by atoms with Crippen LogP contribution < -0.4 is 4.74 Å². The number of rotatable bonds is 15. The van der Waals surface area contributed by atoms with E-state index in [4.69, 9.17) is 24.5 Å². The standard InChI is InChI=1S/C18H25N5O6S/c1-30(24,25)17-14-20-18(22-17)15-2-4-16(5-3-15)29-13-12-28-11-10-27-9-8-26-7-6-21-23-19/h2-5,14H,6-13H2,1H3,(H,20,22). The summed E-state index contributed by atoms with van der Waals surface area (Å²) in [6.07, 6.45) is 2.43. The van der Waals surface area contributed by atoms with Gasteiger partial charge < -0.3 is 23.9 Å². The third kappa shape index (κ3) is 8.80. The molecule has 0 aliphatic rings. The van der Waals surface area contributed by atoms with Crippen molar-refractivity contribution in [3.05, 3.63) is 40.9 Å². The number of aromatic amines is 1. The Bertz CT molecular complexity index is 909. The maximum atomic E-state index is 11.5. The Morgan fingerprint density at radius 1 is 1.00 bits per heavy atom. The molecule has 0 spiro atoms. The summed E-state index contributed by atoms with van der Waals surface area (Å²) in [4.78, 5) is 9.50. The van der Waals surface area contributed by atoms with Crippen LogP contribution in [-0.2, 0) is 24.0 Å². The van der Waals surface area contributed by atoms with Crippen molar-refractivity contribution in [2.75, 3.05) is 59.0 Å². The van der Waals surface area contributed by atoms with Crippen LogP contribution in [0.15, 0.2) is 40.6 Å². The molecule has 0 saturated carbocycles. The third-order valence-electron chi connectivity index (χ3n) is 3.72. The van der Waals surface area contributed by atoms with Gasteiger partial charge in [-0.25, -0.2) is 13.4 Å². The Morgan fingerprint density at radius 2 is 1.60 bits per heavy atom. The number of H-pyrrole nitrogens is 1. The smallest absolute Gasteiger partial charge is 0.192 e. The number of nitrogens with one attached hydrogen (secondary N) is 1. The first-order valence-corrected chi connectivity index (χ1v) is 11.1. The zero-order valence-corrected chi connectivity index (χ0v) is 17.5. The maximum Gasteiger partial charge on any atom is 0.192 e. The molecule has 2 rings (SSSR count). The molecular weight excluding hydrogens is 414 g/mol. The highest BCUT2D eigenvalue weighted by Crippen LogP contribution is 2.21. The van der Waals surface area contributed by atoms with E-state index in [9.17, 15) is 8.42 Å². The zero-order chi connectivity index (χ0) is 21.7. The third-order valence-corrected chi connectivity index (χ3v) is 4.73. The summed E-state index contributed by atoms with van der Waals surface area (Å²) in [6.45, 7) is 3.29. The molecule has 12 heteroatoms. The van der Waals surface area contributed by atoms with Gasteiger partial charge in [-0.2, -0.15) is 0 Å². The second-order valence-corrected chi connectivity index (χ2v) is 8.02. The fourth-order valence-corrected chi connectivity index (χ4v) is 2.79. The lowest BCUT2D eigenvalue weighted by molar-refractivity contribution is 0.0106. The van der Waals surface area contributed by atoms with Gasteiger partial charge in [-0.15, -0.1) is 0 Å². The fraction of sp³-hybridized carbons (Fsp3) is 0.500. The van der Waals surface area contributed by atoms with Crippen molar-refractivity contribution in [3.8, 4) is 17.1 Å². The summed E-state index contributed by atoms with van der Waals surface area (Å²) in [5, 5.41) is 3.44. The van der Waals surface area contributed by atoms with E-state index in [1.807, 2.05) is 0 Å². The molecule has 30 heavy (non-hydrogen) atoms. The molecular formula is C18H25N5O6S. The number of aromatic nitrogens is 2. The van der Waals surface area contributed by atoms with Gasteiger partial charge in [0, 0.05) is 23.3 Å². The largest absolute Gasteiger partial charge is 0.491 e. The van der Waals surface area contributed by atoms with Crippen LogP contribution in [0.2, 0.25) is 0 Å². The Labute approximate surface area is 174 Å². The van der Waals surface area contributed by atoms with E-state index in [2.05, 4.69) is 20.0 Å². The molecule has 1 heterocycles. The number of ether oxygens (including phenoxy) is 4. The normalized spacial score (nSPS) is 11.2. The number of benzene rings is 1. The van der Waals surface area contributed by atoms with Crippen LogP contribution in [0.1, 0.15) is 0 Å². The second-order valence-electron chi connectivity index (χ2n) is 6.03. The van der Waals surface area contributed by atoms with Gasteiger partial charge in [-0.1, -0.05) is 5.11 Å². The van der Waals surface area contributed by atoms with Gasteiger partial charge in [0.2, 0.25) is 0 Å². The van der Waals surface area contributed by atoms with Crippen molar-refractivity contribution >= 4 is 9.84 Å². The van der Waals surface area contributed by atoms with Crippen LogP contribution in [0.3, 0.4) is 0 Å². The molecule has 1 aromatic heterocycles. The van der Waals surface area contributed by atoms with E-state index in [0.717, 1.165) is 11.8 Å². The molecule has 164 valence electrons. The summed E-state index contributed by atoms with van der Waals surface area (Å²) >= 11 is 0. The van der Waals surface area contributed by atoms with Gasteiger partial charge in [-0.3, -0.25) is 0 Å². The summed E-state index contributed by atoms with van der Waals surface area (Å²) in [5.41, 5.74) is 8.86. The first-order valence-electron chi connectivity index (χ1n) is 9.23. The van der Waals surface area contributed by atoms with Crippen LogP contribution in [0.25, 0.3) is 21.8 Å². The van der Waals surface area contributed by atoms with Crippen molar-refractivity contribution in [2.24, 2.45) is 5.11 Å². The van der Waals surface area contributed by atoms with Gasteiger partial charge in [-0.05, 0) is 29.8 Å². The van der Waals surface area contributed by atoms with Crippen LogP contribution in [0, 0.1) is 0 Å². The van der Waals surface area contributed by atoms with Crippen molar-refractivity contribution in [2.45, 2.75) is 5.03 Å². The summed E-state index contributed by atoms with van der Waals surface area (Å²) in [6, 6.07) is 7.15. The number of nitrogens with zero attached hydrogens (tertiary/aromatic N) is 4. The molecule has 1 aromatic carbocycles. The highest BCUT2D eigenvalue weighted by atomic mass is 32.2. The first kappa shape index (κ1) is 23.6. The minimum absolute atomic E-state index is 0.0804. The van der Waals surface area contributed by atoms with Gasteiger partial charge in [0.05, 0.1) is 45.8 Å². The fourth-order valence-electron chi connectivity index (χ4n) is 2.26. The lowest BCUT2D eigenvalue weighted by atomic mass is 10.2. The minimum atomic E-state index is -3.32. The predicted molar refractivity (Wildman–Crippen MR) is 109 cm³/mol. The predicted octanol–water partition coefficient (Wildman–Crippen LogP) is 2.22. The molecule has 11 nitrogen and oxygen atoms in total. The molecule has 0 unspecified atom stereocenters. The van der Waals surface area contributed by atoms with E-state index in [0.29, 0.717) is 64.4 Å². The average Bonchev–Trinajstić information content (AvgIpc) is 3.23. The number of hydrogen-bond donors (Lipinski definition) is 1. The minimum Gasteiger partial charge on any atom is -0.491 e. The molecule has 0 saturated heterocycles. The molecule has 0 atom stereocenters. The van der Waals surface area contributed by atoms with E-state index in [1.54, 1.807) is 24.3 Å². The highest BCUT2D eigenvalue weighted by molar-refractivity contribution is 7.90. The summed E-state index contributed by atoms with van der Waals surface area (Å²) in [5.74, 6) is 1.15. The first-order chi connectivity index (χ1) is 14.5. The average molecular weight is 439 g/mol. The molecule has 0 radical (unpaired) electrons. The number of sulfone groups is 1. The van der Waals surface area contributed by atoms with Crippen molar-refractivity contribution < 1.29 is 27.4 Å². The van der Waals surface area contributed by atoms with E-state index < -0.39 is 9.84 Å². The zero-order valence-electron chi connectivity index (χ0n) is 16.7. The van der Waals surface area contributed by atoms with E-state index >= 15 is 0 Å². The van der Waals surface area contributed by atoms with Gasteiger partial charge in [0.1, 0.15) is 18.2 Å².